The van der Waals surface area contributed by atoms with Crippen molar-refractivity contribution in [1.29, 1.82) is 0 Å². The predicted octanol–water partition coefficient (Wildman–Crippen LogP) is 18.0. The maximum absolute atomic E-state index is 13.2. The third-order valence-corrected chi connectivity index (χ3v) is 14.7. The molecule has 83 heavy (non-hydrogen) atoms. The van der Waals surface area contributed by atoms with Gasteiger partial charge in [0, 0.05) is 19.3 Å². The third-order valence-electron chi connectivity index (χ3n) is 14.7. The van der Waals surface area contributed by atoms with Gasteiger partial charge in [0.1, 0.15) is 18.8 Å². The number of allylic oxidation sites excluding steroid dienone is 16. The summed E-state index contributed by atoms with van der Waals surface area (Å²) in [5, 5.41) is 31.6. The van der Waals surface area contributed by atoms with E-state index >= 15 is 0 Å². The van der Waals surface area contributed by atoms with Crippen LogP contribution in [0.25, 0.3) is 0 Å². The minimum Gasteiger partial charge on any atom is -0.479 e. The predicted molar refractivity (Wildman–Crippen MR) is 340 cm³/mol. The number of carbonyl (C=O) groups excluding carboxylic acids is 3. The highest BCUT2D eigenvalue weighted by atomic mass is 16.7. The van der Waals surface area contributed by atoms with Crippen LogP contribution in [0, 0.1) is 0 Å². The van der Waals surface area contributed by atoms with Crippen molar-refractivity contribution in [2.45, 2.75) is 314 Å². The van der Waals surface area contributed by atoms with Gasteiger partial charge in [0.2, 0.25) is 0 Å². The van der Waals surface area contributed by atoms with E-state index in [0.29, 0.717) is 25.7 Å². The smallest absolute Gasteiger partial charge is 0.335 e. The zero-order valence-electron chi connectivity index (χ0n) is 52.4. The van der Waals surface area contributed by atoms with Crippen LogP contribution in [0.4, 0.5) is 0 Å². The molecule has 3 N–H and O–H groups in total. The van der Waals surface area contributed by atoms with Crippen molar-refractivity contribution in [2.24, 2.45) is 0 Å². The van der Waals surface area contributed by atoms with Crippen molar-refractivity contribution in [3.8, 4) is 0 Å². The second kappa shape index (κ2) is 58.0. The summed E-state index contributed by atoms with van der Waals surface area (Å²) in [4.78, 5) is 51.4. The first-order valence-electron chi connectivity index (χ1n) is 33.2. The molecule has 6 unspecified atom stereocenters. The molecule has 0 spiro atoms. The van der Waals surface area contributed by atoms with Crippen LogP contribution < -0.4 is 0 Å². The molecular formula is C71H118O12. The summed E-state index contributed by atoms with van der Waals surface area (Å²) in [6.45, 7) is 5.75. The largest absolute Gasteiger partial charge is 0.479 e. The quantitative estimate of drug-likeness (QED) is 0.0228. The Morgan fingerprint density at radius 3 is 1.19 bits per heavy atom. The summed E-state index contributed by atoms with van der Waals surface area (Å²) in [5.74, 6) is -3.20. The number of aliphatic carboxylic acids is 1. The molecule has 12 nitrogen and oxygen atoms in total. The fourth-order valence-corrected chi connectivity index (χ4v) is 9.65. The van der Waals surface area contributed by atoms with Crippen LogP contribution >= 0.6 is 0 Å². The first-order valence-corrected chi connectivity index (χ1v) is 33.2. The van der Waals surface area contributed by atoms with E-state index in [4.69, 9.17) is 23.7 Å². The lowest BCUT2D eigenvalue weighted by Gasteiger charge is -2.40. The highest BCUT2D eigenvalue weighted by Crippen LogP contribution is 2.27. The number of carboxylic acids is 1. The van der Waals surface area contributed by atoms with Crippen molar-refractivity contribution >= 4 is 23.9 Å². The van der Waals surface area contributed by atoms with E-state index in [9.17, 15) is 34.5 Å². The third kappa shape index (κ3) is 47.6. The average Bonchev–Trinajstić information content (AvgIpc) is 3.58. The van der Waals surface area contributed by atoms with Crippen LogP contribution in [-0.4, -0.2) is 89.2 Å². The summed E-state index contributed by atoms with van der Waals surface area (Å²) in [6, 6.07) is 0. The van der Waals surface area contributed by atoms with Gasteiger partial charge in [-0.25, -0.2) is 4.79 Å². The lowest BCUT2D eigenvalue weighted by Crippen LogP contribution is -2.61. The SMILES string of the molecule is CC/C=C\C/C=C\C/C=C\C/C=C\C/C=C\CCCC(=O)OCC(COC1OC(C(=O)O)C(O)C(O)C1OC(=O)CCCCCCCCCCCCCCCCCCCCC)OC(=O)CCCCCCCCC/C=C\C/C=C\C/C=C\CC. The van der Waals surface area contributed by atoms with Gasteiger partial charge in [0.15, 0.2) is 24.6 Å². The monoisotopic (exact) mass is 1160 g/mol. The molecular weight excluding hydrogens is 1040 g/mol. The summed E-state index contributed by atoms with van der Waals surface area (Å²) < 4.78 is 28.5. The van der Waals surface area contributed by atoms with E-state index in [1.165, 1.54) is 89.9 Å². The molecule has 0 aromatic carbocycles. The highest BCUT2D eigenvalue weighted by molar-refractivity contribution is 5.74. The molecule has 1 rings (SSSR count). The van der Waals surface area contributed by atoms with Gasteiger partial charge in [-0.1, -0.05) is 266 Å². The molecule has 0 aromatic rings. The first kappa shape index (κ1) is 76.7. The van der Waals surface area contributed by atoms with Crippen molar-refractivity contribution in [2.75, 3.05) is 13.2 Å². The molecule has 0 amide bonds. The summed E-state index contributed by atoms with van der Waals surface area (Å²) in [6.07, 6.45) is 65.1. The van der Waals surface area contributed by atoms with Crippen LogP contribution in [0.5, 0.6) is 0 Å². The van der Waals surface area contributed by atoms with Gasteiger partial charge in [-0.3, -0.25) is 14.4 Å². The molecule has 0 saturated carbocycles. The average molecular weight is 1160 g/mol. The number of esters is 3. The molecule has 1 heterocycles. The zero-order chi connectivity index (χ0) is 60.3. The standard InChI is InChI=1S/C71H118O12/c1-4-7-10-13-16-19-22-25-28-31-32-35-38-41-44-47-50-53-56-59-65(74)82-69-67(76)66(75)68(70(77)78)83-71(69)80-61-62(81-64(73)58-55-52-49-46-43-40-37-34-30-27-24-21-18-15-12-9-6-3)60-79-63(72)57-54-51-48-45-42-39-36-33-29-26-23-20-17-14-11-8-5-2/h8-9,11-12,17-18,20-21,26-27,29-30,36,39,45,48,62,66-69,71,75-76H,4-7,10,13-16,19,22-25,28,31-35,37-38,40-44,46-47,49-61H2,1-3H3,(H,77,78)/b11-8-,12-9-,20-17-,21-18-,29-26-,30-27-,39-36-,48-45-. The van der Waals surface area contributed by atoms with Gasteiger partial charge in [-0.15, -0.1) is 0 Å². The highest BCUT2D eigenvalue weighted by Gasteiger charge is 2.50. The summed E-state index contributed by atoms with van der Waals surface area (Å²) in [7, 11) is 0. The molecule has 1 aliphatic rings. The van der Waals surface area contributed by atoms with Gasteiger partial charge in [-0.2, -0.15) is 0 Å². The molecule has 1 saturated heterocycles. The topological polar surface area (TPSA) is 175 Å². The van der Waals surface area contributed by atoms with Crippen LogP contribution in [0.3, 0.4) is 0 Å². The van der Waals surface area contributed by atoms with E-state index in [1.54, 1.807) is 0 Å². The Morgan fingerprint density at radius 1 is 0.410 bits per heavy atom. The molecule has 0 aliphatic carbocycles. The van der Waals surface area contributed by atoms with E-state index in [2.05, 4.69) is 112 Å². The molecule has 0 radical (unpaired) electrons. The molecule has 1 fully saturated rings. The van der Waals surface area contributed by atoms with Crippen LogP contribution in [0.15, 0.2) is 97.2 Å². The van der Waals surface area contributed by atoms with Crippen LogP contribution in [0.2, 0.25) is 0 Å². The lowest BCUT2D eigenvalue weighted by atomic mass is 9.98. The van der Waals surface area contributed by atoms with E-state index in [1.807, 2.05) is 6.08 Å². The Morgan fingerprint density at radius 2 is 0.771 bits per heavy atom. The summed E-state index contributed by atoms with van der Waals surface area (Å²) in [5.41, 5.74) is 0. The van der Waals surface area contributed by atoms with Gasteiger partial charge in [0.25, 0.3) is 0 Å². The number of aliphatic hydroxyl groups is 2. The van der Waals surface area contributed by atoms with Gasteiger partial charge in [0.05, 0.1) is 6.61 Å². The maximum Gasteiger partial charge on any atom is 0.335 e. The van der Waals surface area contributed by atoms with Gasteiger partial charge < -0.3 is 39.0 Å². The van der Waals surface area contributed by atoms with Gasteiger partial charge >= 0.3 is 23.9 Å². The molecule has 474 valence electrons. The molecule has 0 aromatic heterocycles. The Hall–Kier alpha value is -4.36. The van der Waals surface area contributed by atoms with Crippen molar-refractivity contribution in [3.05, 3.63) is 97.2 Å². The number of ether oxygens (including phenoxy) is 5. The van der Waals surface area contributed by atoms with Crippen molar-refractivity contribution in [1.82, 2.24) is 0 Å². The Labute approximate surface area is 504 Å². The van der Waals surface area contributed by atoms with E-state index < -0.39 is 67.3 Å². The molecule has 0 bridgehead atoms. The minimum absolute atomic E-state index is 0.0538. The lowest BCUT2D eigenvalue weighted by molar-refractivity contribution is -0.301. The number of hydrogen-bond donors (Lipinski definition) is 3. The van der Waals surface area contributed by atoms with Gasteiger partial charge in [-0.05, 0) is 89.9 Å². The first-order chi connectivity index (χ1) is 40.6. The van der Waals surface area contributed by atoms with Crippen LogP contribution in [0.1, 0.15) is 278 Å². The number of hydrogen-bond acceptors (Lipinski definition) is 11. The Kier molecular flexibility index (Phi) is 53.6. The maximum atomic E-state index is 13.2. The molecule has 6 atom stereocenters. The molecule has 12 heteroatoms. The fourth-order valence-electron chi connectivity index (χ4n) is 9.65. The second-order valence-electron chi connectivity index (χ2n) is 22.3. The van der Waals surface area contributed by atoms with E-state index in [0.717, 1.165) is 122 Å². The number of rotatable bonds is 56. The number of aliphatic hydroxyl groups excluding tert-OH is 2. The Bertz CT molecular complexity index is 1810. The summed E-state index contributed by atoms with van der Waals surface area (Å²) >= 11 is 0. The second-order valence-corrected chi connectivity index (χ2v) is 22.3. The normalized spacial score (nSPS) is 18.2. The van der Waals surface area contributed by atoms with Crippen LogP contribution in [-0.2, 0) is 42.9 Å². The number of carbonyl (C=O) groups is 4. The van der Waals surface area contributed by atoms with Crippen molar-refractivity contribution < 1.29 is 58.2 Å². The van der Waals surface area contributed by atoms with E-state index in [-0.39, 0.29) is 25.9 Å². The van der Waals surface area contributed by atoms with Crippen molar-refractivity contribution in [3.63, 3.8) is 0 Å². The zero-order valence-corrected chi connectivity index (χ0v) is 52.4. The fraction of sp³-hybridized carbons (Fsp3) is 0.718. The molecule has 1 aliphatic heterocycles. The number of unbranched alkanes of at least 4 members (excludes halogenated alkanes) is 26. The number of carboxylic acid groups (broad SMARTS) is 1. The Balaban J connectivity index is 2.68. The minimum atomic E-state index is -1.91.